The first-order chi connectivity index (χ1) is 18.7. The maximum Gasteiger partial charge on any atom is 0.326 e. The predicted octanol–water partition coefficient (Wildman–Crippen LogP) is 3.24. The Labute approximate surface area is 246 Å². The molecule has 2 unspecified atom stereocenters. The number of aliphatic hydroxyl groups is 1. The fourth-order valence-corrected chi connectivity index (χ4v) is 5.56. The number of nitrogens with zero attached hydrogens (tertiary/aromatic N) is 1. The Balaban J connectivity index is 3.40. The molecule has 10 nitrogen and oxygen atoms in total. The number of rotatable bonds is 17. The molecule has 0 aliphatic heterocycles. The van der Waals surface area contributed by atoms with Gasteiger partial charge in [-0.2, -0.15) is 17.4 Å². The van der Waals surface area contributed by atoms with Crippen molar-refractivity contribution in [1.82, 2.24) is 14.3 Å². The molecule has 11 heteroatoms. The van der Waals surface area contributed by atoms with Crippen molar-refractivity contribution in [3.63, 3.8) is 0 Å². The molecular weight excluding hydrogens is 546 g/mol. The summed E-state index contributed by atoms with van der Waals surface area (Å²) in [6.45, 7) is 16.4. The molecule has 0 radical (unpaired) electrons. The summed E-state index contributed by atoms with van der Waals surface area (Å²) in [5, 5.41) is 14.4. The Morgan fingerprint density at radius 2 is 1.56 bits per heavy atom. The van der Waals surface area contributed by atoms with Gasteiger partial charge in [-0.25, -0.2) is 0 Å². The largest absolute Gasteiger partial charge is 0.465 e. The number of nitrogens with one attached hydrogen (secondary N) is 2. The number of hydrogen-bond donors (Lipinski definition) is 3. The number of aliphatic hydroxyl groups excluding tert-OH is 1. The van der Waals surface area contributed by atoms with Crippen LogP contribution in [0.3, 0.4) is 0 Å². The molecule has 0 aliphatic carbocycles. The summed E-state index contributed by atoms with van der Waals surface area (Å²) >= 11 is 0. The van der Waals surface area contributed by atoms with Gasteiger partial charge in [-0.05, 0) is 52.0 Å². The minimum Gasteiger partial charge on any atom is -0.465 e. The zero-order chi connectivity index (χ0) is 31.8. The molecule has 0 saturated carbocycles. The highest BCUT2D eigenvalue weighted by molar-refractivity contribution is 7.87. The molecule has 234 valence electrons. The average Bonchev–Trinajstić information content (AvgIpc) is 2.85. The number of carbonyl (C=O) groups excluding carboxylic acids is 3. The van der Waals surface area contributed by atoms with E-state index in [1.807, 2.05) is 44.2 Å². The lowest BCUT2D eigenvalue weighted by molar-refractivity contribution is -0.149. The molecule has 0 aromatic heterocycles. The molecule has 0 heterocycles. The van der Waals surface area contributed by atoms with Crippen LogP contribution in [0.25, 0.3) is 0 Å². The van der Waals surface area contributed by atoms with Crippen LogP contribution in [-0.4, -0.2) is 72.9 Å². The molecule has 2 atom stereocenters. The van der Waals surface area contributed by atoms with Gasteiger partial charge >= 0.3 is 5.97 Å². The van der Waals surface area contributed by atoms with Gasteiger partial charge in [0.25, 0.3) is 10.2 Å². The lowest BCUT2D eigenvalue weighted by Gasteiger charge is -2.40. The first-order valence-corrected chi connectivity index (χ1v) is 15.6. The number of ether oxygens (including phenoxy) is 1. The van der Waals surface area contributed by atoms with Crippen LogP contribution in [0.15, 0.2) is 30.3 Å². The van der Waals surface area contributed by atoms with Crippen molar-refractivity contribution in [3.8, 4) is 0 Å². The van der Waals surface area contributed by atoms with E-state index in [0.29, 0.717) is 6.42 Å². The topological polar surface area (TPSA) is 142 Å². The number of amides is 1. The Morgan fingerprint density at radius 3 is 2.05 bits per heavy atom. The average molecular weight is 598 g/mol. The Morgan fingerprint density at radius 1 is 1.00 bits per heavy atom. The lowest BCUT2D eigenvalue weighted by atomic mass is 9.65. The smallest absolute Gasteiger partial charge is 0.326 e. The molecule has 0 aliphatic rings. The Kier molecular flexibility index (Phi) is 13.2. The number of esters is 1. The van der Waals surface area contributed by atoms with E-state index < -0.39 is 50.6 Å². The second kappa shape index (κ2) is 14.7. The summed E-state index contributed by atoms with van der Waals surface area (Å²) in [6.07, 6.45) is -0.586. The highest BCUT2D eigenvalue weighted by Crippen LogP contribution is 2.39. The summed E-state index contributed by atoms with van der Waals surface area (Å²) in [6, 6.07) is 8.36. The zero-order valence-electron chi connectivity index (χ0n) is 26.4. The van der Waals surface area contributed by atoms with Crippen LogP contribution in [-0.2, 0) is 35.8 Å². The van der Waals surface area contributed by atoms with Crippen LogP contribution in [0.5, 0.6) is 0 Å². The van der Waals surface area contributed by atoms with E-state index in [-0.39, 0.29) is 37.8 Å². The number of carbonyl (C=O) groups is 3. The van der Waals surface area contributed by atoms with Crippen molar-refractivity contribution in [3.05, 3.63) is 35.9 Å². The van der Waals surface area contributed by atoms with Gasteiger partial charge in [0.05, 0.1) is 24.2 Å². The van der Waals surface area contributed by atoms with Gasteiger partial charge in [-0.15, -0.1) is 0 Å². The molecule has 41 heavy (non-hydrogen) atoms. The molecule has 0 spiro atoms. The van der Waals surface area contributed by atoms with Crippen LogP contribution in [0.2, 0.25) is 0 Å². The third kappa shape index (κ3) is 10.2. The van der Waals surface area contributed by atoms with Crippen molar-refractivity contribution < 1.29 is 32.6 Å². The molecule has 0 fully saturated rings. The van der Waals surface area contributed by atoms with Gasteiger partial charge in [-0.1, -0.05) is 71.9 Å². The van der Waals surface area contributed by atoms with E-state index >= 15 is 0 Å². The van der Waals surface area contributed by atoms with Crippen LogP contribution in [0.1, 0.15) is 81.2 Å². The van der Waals surface area contributed by atoms with E-state index in [9.17, 15) is 27.9 Å². The SMILES string of the molecule is CCOC(=O)C(C)(C)NS(=O)(=O)N(CCC(C)C)CC(O)C(Cc1ccccc1)NC(=O)C(C)(C)C(C)(C)C(C)=O. The molecule has 1 amide bonds. The maximum absolute atomic E-state index is 13.6. The van der Waals surface area contributed by atoms with Crippen molar-refractivity contribution >= 4 is 27.9 Å². The monoisotopic (exact) mass is 597 g/mol. The normalized spacial score (nSPS) is 14.6. The minimum absolute atomic E-state index is 0.0812. The van der Waals surface area contributed by atoms with E-state index in [4.69, 9.17) is 4.74 Å². The van der Waals surface area contributed by atoms with Crippen LogP contribution in [0.4, 0.5) is 0 Å². The molecule has 3 N–H and O–H groups in total. The van der Waals surface area contributed by atoms with Gasteiger partial charge in [0, 0.05) is 18.5 Å². The van der Waals surface area contributed by atoms with Crippen LogP contribution >= 0.6 is 0 Å². The summed E-state index contributed by atoms with van der Waals surface area (Å²) in [5.41, 5.74) is -2.83. The van der Waals surface area contributed by atoms with Crippen molar-refractivity contribution in [2.45, 2.75) is 99.8 Å². The molecule has 1 rings (SSSR count). The highest BCUT2D eigenvalue weighted by Gasteiger charge is 2.47. The number of Topliss-reactive ketones (excluding diaryl/α,β-unsaturated/α-hetero) is 1. The second-order valence-electron chi connectivity index (χ2n) is 12.6. The third-order valence-electron chi connectivity index (χ3n) is 7.95. The van der Waals surface area contributed by atoms with Crippen LogP contribution in [0, 0.1) is 16.7 Å². The van der Waals surface area contributed by atoms with Gasteiger partial charge in [0.1, 0.15) is 11.3 Å². The first kappa shape index (κ1) is 36.7. The fraction of sp³-hybridized carbons (Fsp3) is 0.700. The Hall–Kier alpha value is -2.34. The molecule has 0 bridgehead atoms. The predicted molar refractivity (Wildman–Crippen MR) is 160 cm³/mol. The minimum atomic E-state index is -4.27. The van der Waals surface area contributed by atoms with E-state index in [1.165, 1.54) is 20.8 Å². The van der Waals surface area contributed by atoms with E-state index in [2.05, 4.69) is 10.0 Å². The number of hydrogen-bond acceptors (Lipinski definition) is 7. The van der Waals surface area contributed by atoms with E-state index in [1.54, 1.807) is 34.6 Å². The maximum atomic E-state index is 13.6. The van der Waals surface area contributed by atoms with Gasteiger partial charge < -0.3 is 15.2 Å². The third-order valence-corrected chi connectivity index (χ3v) is 9.73. The van der Waals surface area contributed by atoms with Gasteiger partial charge in [0.2, 0.25) is 5.91 Å². The molecule has 1 aromatic rings. The van der Waals surface area contributed by atoms with Gasteiger partial charge in [0.15, 0.2) is 0 Å². The fourth-order valence-electron chi connectivity index (χ4n) is 4.01. The summed E-state index contributed by atoms with van der Waals surface area (Å²) in [5.74, 6) is -1.15. The zero-order valence-corrected chi connectivity index (χ0v) is 27.2. The van der Waals surface area contributed by atoms with E-state index in [0.717, 1.165) is 9.87 Å². The second-order valence-corrected chi connectivity index (χ2v) is 14.3. The van der Waals surface area contributed by atoms with Crippen molar-refractivity contribution in [2.24, 2.45) is 16.7 Å². The van der Waals surface area contributed by atoms with Crippen LogP contribution < -0.4 is 10.0 Å². The quantitative estimate of drug-likeness (QED) is 0.234. The molecular formula is C30H51N3O7S. The standard InChI is InChI=1S/C30H51N3O7S/c1-11-40-27(37)30(9,10)32-41(38,39)33(18-17-21(2)3)20-25(35)24(19-23-15-13-12-14-16-23)31-26(36)29(7,8)28(5,6)22(4)34/h12-16,21,24-25,32,35H,11,17-20H2,1-10H3,(H,31,36). The Bertz CT molecular complexity index is 1130. The van der Waals surface area contributed by atoms with Crippen molar-refractivity contribution in [1.29, 1.82) is 0 Å². The number of benzene rings is 1. The van der Waals surface area contributed by atoms with Gasteiger partial charge in [-0.3, -0.25) is 14.4 Å². The molecule has 0 saturated heterocycles. The summed E-state index contributed by atoms with van der Waals surface area (Å²) < 4.78 is 35.6. The summed E-state index contributed by atoms with van der Waals surface area (Å²) in [7, 11) is -4.27. The molecule has 1 aromatic carbocycles. The van der Waals surface area contributed by atoms with Crippen molar-refractivity contribution in [2.75, 3.05) is 19.7 Å². The highest BCUT2D eigenvalue weighted by atomic mass is 32.2. The number of ketones is 1. The summed E-state index contributed by atoms with van der Waals surface area (Å²) in [4.78, 5) is 38.4. The lowest BCUT2D eigenvalue weighted by Crippen LogP contribution is -2.59. The first-order valence-electron chi connectivity index (χ1n) is 14.2.